The summed E-state index contributed by atoms with van der Waals surface area (Å²) in [6.45, 7) is 0. The molecule has 0 aliphatic heterocycles. The first-order valence-corrected chi connectivity index (χ1v) is 3.18. The van der Waals surface area contributed by atoms with Crippen LogP contribution < -0.4 is 0 Å². The first kappa shape index (κ1) is 7.35. The molecule has 7 heavy (non-hydrogen) atoms. The van der Waals surface area contributed by atoms with Gasteiger partial charge < -0.3 is 4.74 Å². The van der Waals surface area contributed by atoms with E-state index in [2.05, 4.69) is 4.74 Å². The molecule has 0 bridgehead atoms. The number of methoxy groups -OCH3 is 1. The smallest absolute Gasteiger partial charge is 0.188 e. The van der Waals surface area contributed by atoms with Gasteiger partial charge in [0.1, 0.15) is 0 Å². The predicted molar refractivity (Wildman–Crippen MR) is 29.1 cm³/mol. The lowest BCUT2D eigenvalue weighted by Gasteiger charge is -1.97. The highest BCUT2D eigenvalue weighted by atomic mass is 35.5. The van der Waals surface area contributed by atoms with E-state index in [1.165, 1.54) is 7.11 Å². The highest BCUT2D eigenvalue weighted by Gasteiger charge is 2.00. The van der Waals surface area contributed by atoms with Gasteiger partial charge in [-0.15, -0.1) is 11.6 Å². The van der Waals surface area contributed by atoms with E-state index in [0.717, 1.165) is 0 Å². The first-order valence-electron chi connectivity index (χ1n) is 1.76. The van der Waals surface area contributed by atoms with Crippen LogP contribution in [0, 0.1) is 0 Å². The molecule has 0 aliphatic carbocycles. The van der Waals surface area contributed by atoms with Crippen molar-refractivity contribution in [3.8, 4) is 0 Å². The second kappa shape index (κ2) is 4.51. The molecule has 0 fully saturated rings. The van der Waals surface area contributed by atoms with Crippen molar-refractivity contribution in [2.24, 2.45) is 0 Å². The Labute approximate surface area is 49.0 Å². The van der Waals surface area contributed by atoms with Gasteiger partial charge in [-0.05, 0) is 0 Å². The molecule has 0 saturated heterocycles. The van der Waals surface area contributed by atoms with Gasteiger partial charge in [-0.25, -0.2) is 0 Å². The minimum atomic E-state index is -0.332. The maximum absolute atomic E-state index is 9.85. The van der Waals surface area contributed by atoms with Crippen LogP contribution in [0.15, 0.2) is 0 Å². The van der Waals surface area contributed by atoms with E-state index in [0.29, 0.717) is 0 Å². The average molecular weight is 141 g/mol. The average Bonchev–Trinajstić information content (AvgIpc) is 1.72. The van der Waals surface area contributed by atoms with E-state index in [-0.39, 0.29) is 20.2 Å². The molecule has 0 aromatic rings. The number of hydrogen-bond donors (Lipinski definition) is 0. The van der Waals surface area contributed by atoms with Crippen molar-refractivity contribution < 1.29 is 9.30 Å². The summed E-state index contributed by atoms with van der Waals surface area (Å²) in [5.41, 5.74) is 0. The summed E-state index contributed by atoms with van der Waals surface area (Å²) in [7, 11) is 1.43. The summed E-state index contributed by atoms with van der Waals surface area (Å²) in [6.07, 6.45) is 0. The maximum Gasteiger partial charge on any atom is 0.188 e. The highest BCUT2D eigenvalue weighted by Crippen LogP contribution is 2.07. The predicted octanol–water partition coefficient (Wildman–Crippen LogP) is 1.49. The van der Waals surface area contributed by atoms with Crippen LogP contribution in [0.3, 0.4) is 0 Å². The van der Waals surface area contributed by atoms with Gasteiger partial charge in [0.05, 0.1) is 5.88 Å². The van der Waals surface area contributed by atoms with Crippen LogP contribution in [0.4, 0.5) is 0 Å². The largest absolute Gasteiger partial charge is 0.368 e. The van der Waals surface area contributed by atoms with Crippen molar-refractivity contribution >= 4 is 20.1 Å². The van der Waals surface area contributed by atoms with Crippen molar-refractivity contribution in [1.29, 1.82) is 0 Å². The van der Waals surface area contributed by atoms with Crippen molar-refractivity contribution in [1.82, 2.24) is 0 Å². The summed E-state index contributed by atoms with van der Waals surface area (Å²) < 4.78 is 14.4. The molecular weight excluding hydrogens is 134 g/mol. The van der Waals surface area contributed by atoms with Gasteiger partial charge in [0.25, 0.3) is 0 Å². The minimum absolute atomic E-state index is 0.0448. The second-order valence-electron chi connectivity index (χ2n) is 0.950. The molecule has 4 heteroatoms. The Balaban J connectivity index is 3.16. The Morgan fingerprint density at radius 1 is 2.00 bits per heavy atom. The van der Waals surface area contributed by atoms with E-state index >= 15 is 0 Å². The molecule has 0 spiro atoms. The van der Waals surface area contributed by atoms with Gasteiger partial charge in [0, 0.05) is 7.11 Å². The van der Waals surface area contributed by atoms with Crippen LogP contribution in [0.2, 0.25) is 0 Å². The number of ether oxygens (including phenoxy) is 1. The Bertz CT molecular complexity index is 54.9. The Morgan fingerprint density at radius 3 is 2.57 bits per heavy atom. The summed E-state index contributed by atoms with van der Waals surface area (Å²) in [4.78, 5) is 0. The Kier molecular flexibility index (Phi) is 4.73. The molecule has 0 amide bonds. The number of halogens is 1. The lowest BCUT2D eigenvalue weighted by molar-refractivity contribution is 0.185. The number of rotatable bonds is 3. The Morgan fingerprint density at radius 2 is 2.57 bits per heavy atom. The third-order valence-electron chi connectivity index (χ3n) is 0.522. The monoisotopic (exact) mass is 140 g/mol. The van der Waals surface area contributed by atoms with Gasteiger partial charge in [0.15, 0.2) is 14.3 Å². The minimum Gasteiger partial charge on any atom is -0.368 e. The standard InChI is InChI=1S/C3H6ClO2P/c1-6-3(2-4)7-5/h3H,2H2,1H3. The molecule has 0 saturated carbocycles. The molecule has 0 radical (unpaired) electrons. The molecule has 0 aromatic heterocycles. The molecule has 0 rings (SSSR count). The molecule has 2 nitrogen and oxygen atoms in total. The summed E-state index contributed by atoms with van der Waals surface area (Å²) >= 11 is 5.24. The van der Waals surface area contributed by atoms with E-state index in [1.54, 1.807) is 0 Å². The van der Waals surface area contributed by atoms with Crippen LogP contribution in [0.5, 0.6) is 0 Å². The zero-order valence-electron chi connectivity index (χ0n) is 3.93. The zero-order chi connectivity index (χ0) is 5.70. The van der Waals surface area contributed by atoms with Crippen molar-refractivity contribution in [2.45, 2.75) is 5.85 Å². The highest BCUT2D eigenvalue weighted by molar-refractivity contribution is 7.24. The fourth-order valence-corrected chi connectivity index (χ4v) is 0.572. The van der Waals surface area contributed by atoms with Crippen LogP contribution in [0.25, 0.3) is 0 Å². The Hall–Kier alpha value is 0.350. The zero-order valence-corrected chi connectivity index (χ0v) is 5.58. The lowest BCUT2D eigenvalue weighted by Crippen LogP contribution is -2.01. The fraction of sp³-hybridized carbons (Fsp3) is 1.00. The molecule has 1 atom stereocenters. The first-order chi connectivity index (χ1) is 3.35. The normalized spacial score (nSPS) is 14.6. The lowest BCUT2D eigenvalue weighted by atomic mass is 10.8. The van der Waals surface area contributed by atoms with Crippen LogP contribution in [0.1, 0.15) is 0 Å². The number of alkyl halides is 1. The quantitative estimate of drug-likeness (QED) is 0.439. The topological polar surface area (TPSA) is 26.3 Å². The summed E-state index contributed by atoms with van der Waals surface area (Å²) in [5.74, 6) is -0.0525. The maximum atomic E-state index is 9.85. The SMILES string of the molecule is COC(CCl)P=O. The van der Waals surface area contributed by atoms with Gasteiger partial charge >= 0.3 is 0 Å². The van der Waals surface area contributed by atoms with E-state index < -0.39 is 0 Å². The van der Waals surface area contributed by atoms with E-state index in [4.69, 9.17) is 11.6 Å². The molecule has 0 aliphatic rings. The second-order valence-corrected chi connectivity index (χ2v) is 2.05. The third kappa shape index (κ3) is 2.98. The van der Waals surface area contributed by atoms with Crippen molar-refractivity contribution in [3.63, 3.8) is 0 Å². The fourth-order valence-electron chi connectivity index (χ4n) is 0.134. The van der Waals surface area contributed by atoms with E-state index in [1.807, 2.05) is 0 Å². The molecule has 42 valence electrons. The van der Waals surface area contributed by atoms with Gasteiger partial charge in [-0.3, -0.25) is 4.57 Å². The van der Waals surface area contributed by atoms with Gasteiger partial charge in [-0.2, -0.15) is 0 Å². The summed E-state index contributed by atoms with van der Waals surface area (Å²) in [5, 5.41) is 0. The molecule has 0 N–H and O–H groups in total. The molecular formula is C3H6ClO2P. The van der Waals surface area contributed by atoms with E-state index in [9.17, 15) is 4.57 Å². The summed E-state index contributed by atoms with van der Waals surface area (Å²) in [6, 6.07) is 0. The van der Waals surface area contributed by atoms with Crippen LogP contribution in [-0.4, -0.2) is 18.8 Å². The molecule has 1 unspecified atom stereocenters. The van der Waals surface area contributed by atoms with Crippen LogP contribution >= 0.6 is 20.1 Å². The third-order valence-corrected chi connectivity index (χ3v) is 1.65. The van der Waals surface area contributed by atoms with Crippen molar-refractivity contribution in [3.05, 3.63) is 0 Å². The molecule has 0 aromatic carbocycles. The number of hydrogen-bond acceptors (Lipinski definition) is 2. The van der Waals surface area contributed by atoms with Crippen LogP contribution in [-0.2, 0) is 9.30 Å². The molecule has 0 heterocycles. The van der Waals surface area contributed by atoms with Gasteiger partial charge in [-0.1, -0.05) is 0 Å². The van der Waals surface area contributed by atoms with Crippen molar-refractivity contribution in [2.75, 3.05) is 13.0 Å². The van der Waals surface area contributed by atoms with Gasteiger partial charge in [0.2, 0.25) is 0 Å².